The molecule has 1 aliphatic rings. The van der Waals surface area contributed by atoms with Gasteiger partial charge in [-0.1, -0.05) is 12.1 Å². The van der Waals surface area contributed by atoms with Gasteiger partial charge in [0.1, 0.15) is 5.75 Å². The number of benzene rings is 1. The van der Waals surface area contributed by atoms with Gasteiger partial charge in [-0.2, -0.15) is 24.9 Å². The molecule has 1 unspecified atom stereocenters. The lowest BCUT2D eigenvalue weighted by Crippen LogP contribution is -2.48. The molecular formula is C15H16F3NO4S. The molecule has 9 heteroatoms. The number of para-hydroxylation sites is 1. The quantitative estimate of drug-likeness (QED) is 0.871. The van der Waals surface area contributed by atoms with E-state index in [4.69, 9.17) is 9.84 Å². The topological polar surface area (TPSA) is 66.8 Å². The van der Waals surface area contributed by atoms with Gasteiger partial charge in [-0.3, -0.25) is 9.59 Å². The summed E-state index contributed by atoms with van der Waals surface area (Å²) in [5, 5.41) is 8.90. The van der Waals surface area contributed by atoms with E-state index >= 15 is 0 Å². The fourth-order valence-electron chi connectivity index (χ4n) is 2.40. The number of carboxylic acids is 1. The number of ether oxygens (including phenoxy) is 1. The number of halogens is 3. The van der Waals surface area contributed by atoms with Crippen molar-refractivity contribution in [1.29, 1.82) is 0 Å². The Labute approximate surface area is 140 Å². The van der Waals surface area contributed by atoms with Crippen LogP contribution in [0.2, 0.25) is 0 Å². The van der Waals surface area contributed by atoms with Crippen molar-refractivity contribution in [2.45, 2.75) is 18.6 Å². The molecule has 1 N–H and O–H groups in total. The van der Waals surface area contributed by atoms with Crippen LogP contribution >= 0.6 is 11.8 Å². The van der Waals surface area contributed by atoms with Crippen LogP contribution in [-0.4, -0.2) is 52.6 Å². The van der Waals surface area contributed by atoms with Crippen molar-refractivity contribution < 1.29 is 32.6 Å². The Hall–Kier alpha value is -1.90. The number of aliphatic carboxylic acids is 1. The first-order valence-corrected chi connectivity index (χ1v) is 8.32. The minimum atomic E-state index is -4.58. The number of carbonyl (C=O) groups excluding carboxylic acids is 1. The van der Waals surface area contributed by atoms with Crippen LogP contribution in [-0.2, 0) is 15.8 Å². The molecule has 1 amide bonds. The summed E-state index contributed by atoms with van der Waals surface area (Å²) in [6.07, 6.45) is -4.77. The van der Waals surface area contributed by atoms with Crippen LogP contribution in [0, 0.1) is 0 Å². The molecule has 5 nitrogen and oxygen atoms in total. The van der Waals surface area contributed by atoms with Gasteiger partial charge in [0, 0.05) is 18.1 Å². The number of hydrogen-bond acceptors (Lipinski definition) is 4. The highest BCUT2D eigenvalue weighted by molar-refractivity contribution is 7.99. The van der Waals surface area contributed by atoms with E-state index in [0.29, 0.717) is 18.1 Å². The fourth-order valence-corrected chi connectivity index (χ4v) is 3.47. The molecule has 1 aliphatic heterocycles. The lowest BCUT2D eigenvalue weighted by molar-refractivity contribution is -0.143. The summed E-state index contributed by atoms with van der Waals surface area (Å²) in [7, 11) is 0. The maximum Gasteiger partial charge on any atom is 0.419 e. The van der Waals surface area contributed by atoms with Crippen molar-refractivity contribution in [3.63, 3.8) is 0 Å². The Balaban J connectivity index is 2.03. The van der Waals surface area contributed by atoms with E-state index in [9.17, 15) is 22.8 Å². The average Bonchev–Trinajstić information content (AvgIpc) is 2.52. The largest absolute Gasteiger partial charge is 0.483 e. The second-order valence-electron chi connectivity index (χ2n) is 5.20. The lowest BCUT2D eigenvalue weighted by atomic mass is 10.2. The molecule has 132 valence electrons. The highest BCUT2D eigenvalue weighted by Gasteiger charge is 2.34. The molecule has 1 aromatic rings. The molecule has 24 heavy (non-hydrogen) atoms. The zero-order valence-corrected chi connectivity index (χ0v) is 13.4. The summed E-state index contributed by atoms with van der Waals surface area (Å²) in [6, 6.07) is 4.18. The third-order valence-corrected chi connectivity index (χ3v) is 4.59. The summed E-state index contributed by atoms with van der Waals surface area (Å²) >= 11 is 1.54. The van der Waals surface area contributed by atoms with Crippen LogP contribution in [0.1, 0.15) is 12.0 Å². The lowest BCUT2D eigenvalue weighted by Gasteiger charge is -2.34. The van der Waals surface area contributed by atoms with Crippen LogP contribution < -0.4 is 4.74 Å². The zero-order valence-electron chi connectivity index (χ0n) is 12.6. The van der Waals surface area contributed by atoms with Gasteiger partial charge in [0.2, 0.25) is 0 Å². The van der Waals surface area contributed by atoms with Crippen molar-refractivity contribution in [2.75, 3.05) is 24.7 Å². The number of carboxylic acid groups (broad SMARTS) is 1. The summed E-state index contributed by atoms with van der Waals surface area (Å²) in [4.78, 5) is 24.5. The van der Waals surface area contributed by atoms with E-state index in [2.05, 4.69) is 0 Å². The van der Waals surface area contributed by atoms with Crippen molar-refractivity contribution in [1.82, 2.24) is 4.90 Å². The normalized spacial score (nSPS) is 18.3. The van der Waals surface area contributed by atoms with Gasteiger partial charge >= 0.3 is 12.1 Å². The second kappa shape index (κ2) is 7.78. The molecule has 1 saturated heterocycles. The summed E-state index contributed by atoms with van der Waals surface area (Å²) in [5.74, 6) is -0.820. The molecule has 1 fully saturated rings. The molecule has 1 heterocycles. The van der Waals surface area contributed by atoms with Crippen LogP contribution in [0.5, 0.6) is 5.75 Å². The van der Waals surface area contributed by atoms with Gasteiger partial charge in [0.15, 0.2) is 6.61 Å². The number of rotatable bonds is 5. The molecule has 0 saturated carbocycles. The highest BCUT2D eigenvalue weighted by atomic mass is 32.2. The van der Waals surface area contributed by atoms with Crippen LogP contribution in [0.25, 0.3) is 0 Å². The highest BCUT2D eigenvalue weighted by Crippen LogP contribution is 2.35. The van der Waals surface area contributed by atoms with E-state index in [-0.39, 0.29) is 6.42 Å². The number of amides is 1. The first-order valence-electron chi connectivity index (χ1n) is 7.17. The third-order valence-electron chi connectivity index (χ3n) is 3.50. The van der Waals surface area contributed by atoms with Crippen LogP contribution in [0.4, 0.5) is 13.2 Å². The predicted molar refractivity (Wildman–Crippen MR) is 82.0 cm³/mol. The van der Waals surface area contributed by atoms with Gasteiger partial charge in [-0.25, -0.2) is 0 Å². The summed E-state index contributed by atoms with van der Waals surface area (Å²) in [5.41, 5.74) is -0.950. The van der Waals surface area contributed by atoms with Gasteiger partial charge in [0.25, 0.3) is 5.91 Å². The number of alkyl halides is 3. The maximum absolute atomic E-state index is 12.9. The Morgan fingerprint density at radius 3 is 2.71 bits per heavy atom. The summed E-state index contributed by atoms with van der Waals surface area (Å²) < 4.78 is 43.7. The van der Waals surface area contributed by atoms with Gasteiger partial charge in [0.05, 0.1) is 18.0 Å². The monoisotopic (exact) mass is 363 g/mol. The van der Waals surface area contributed by atoms with Crippen molar-refractivity contribution in [2.24, 2.45) is 0 Å². The SMILES string of the molecule is O=C(O)CC1CSCCN1C(=O)COc1ccccc1C(F)(F)F. The molecule has 0 aliphatic carbocycles. The fraction of sp³-hybridized carbons (Fsp3) is 0.467. The minimum Gasteiger partial charge on any atom is -0.483 e. The van der Waals surface area contributed by atoms with E-state index in [0.717, 1.165) is 12.1 Å². The first kappa shape index (κ1) is 18.4. The number of hydrogen-bond donors (Lipinski definition) is 1. The van der Waals surface area contributed by atoms with Crippen molar-refractivity contribution >= 4 is 23.6 Å². The Bertz CT molecular complexity index is 609. The van der Waals surface area contributed by atoms with E-state index < -0.39 is 42.0 Å². The van der Waals surface area contributed by atoms with Crippen LogP contribution in [0.3, 0.4) is 0 Å². The Morgan fingerprint density at radius 1 is 1.33 bits per heavy atom. The molecule has 2 rings (SSSR count). The smallest absolute Gasteiger partial charge is 0.419 e. The number of thioether (sulfide) groups is 1. The second-order valence-corrected chi connectivity index (χ2v) is 6.35. The summed E-state index contributed by atoms with van der Waals surface area (Å²) in [6.45, 7) is -0.209. The predicted octanol–water partition coefficient (Wildman–Crippen LogP) is 2.50. The van der Waals surface area contributed by atoms with E-state index in [1.165, 1.54) is 28.8 Å². The number of nitrogens with zero attached hydrogens (tertiary/aromatic N) is 1. The minimum absolute atomic E-state index is 0.197. The standard InChI is InChI=1S/C15H16F3NO4S/c16-15(17,18)11-3-1-2-4-12(11)23-8-13(20)19-5-6-24-9-10(19)7-14(21)22/h1-4,10H,5-9H2,(H,21,22). The van der Waals surface area contributed by atoms with Crippen LogP contribution in [0.15, 0.2) is 24.3 Å². The molecule has 0 bridgehead atoms. The maximum atomic E-state index is 12.9. The van der Waals surface area contributed by atoms with Crippen molar-refractivity contribution in [3.8, 4) is 5.75 Å². The Morgan fingerprint density at radius 2 is 2.04 bits per heavy atom. The Kier molecular flexibility index (Phi) is 5.98. The molecule has 0 spiro atoms. The van der Waals surface area contributed by atoms with Gasteiger partial charge in [-0.05, 0) is 12.1 Å². The number of carbonyl (C=O) groups is 2. The van der Waals surface area contributed by atoms with Gasteiger partial charge in [-0.15, -0.1) is 0 Å². The van der Waals surface area contributed by atoms with E-state index in [1.807, 2.05) is 0 Å². The molecule has 0 aromatic heterocycles. The molecule has 1 aromatic carbocycles. The molecule has 1 atom stereocenters. The first-order chi connectivity index (χ1) is 11.3. The zero-order chi connectivity index (χ0) is 17.7. The molecular weight excluding hydrogens is 347 g/mol. The van der Waals surface area contributed by atoms with E-state index in [1.54, 1.807) is 0 Å². The third kappa shape index (κ3) is 4.80. The van der Waals surface area contributed by atoms with Crippen molar-refractivity contribution in [3.05, 3.63) is 29.8 Å². The average molecular weight is 363 g/mol. The molecule has 0 radical (unpaired) electrons. The van der Waals surface area contributed by atoms with Gasteiger partial charge < -0.3 is 14.7 Å².